The standard InChI is InChI=1S/C15H18N6S/c1-10-9-22-15-13(10)14(17-11(2)18-15)20-6-3-12(4-7-20)21-8-5-16-19-21/h5,8-9,12H,3-4,6-7H2,1-2H3. The molecule has 0 radical (unpaired) electrons. The van der Waals surface area contributed by atoms with E-state index in [2.05, 4.69) is 32.5 Å². The Morgan fingerprint density at radius 2 is 2.00 bits per heavy atom. The summed E-state index contributed by atoms with van der Waals surface area (Å²) in [7, 11) is 0. The molecule has 22 heavy (non-hydrogen) atoms. The van der Waals surface area contributed by atoms with Crippen LogP contribution in [-0.2, 0) is 0 Å². The Morgan fingerprint density at radius 3 is 2.73 bits per heavy atom. The van der Waals surface area contributed by atoms with Gasteiger partial charge in [0.1, 0.15) is 16.5 Å². The lowest BCUT2D eigenvalue weighted by Gasteiger charge is -2.33. The van der Waals surface area contributed by atoms with Gasteiger partial charge in [0, 0.05) is 19.3 Å². The number of nitrogens with zero attached hydrogens (tertiary/aromatic N) is 6. The number of fused-ring (bicyclic) bond motifs is 1. The van der Waals surface area contributed by atoms with Gasteiger partial charge in [0.05, 0.1) is 17.6 Å². The van der Waals surface area contributed by atoms with Gasteiger partial charge in [0.2, 0.25) is 0 Å². The molecule has 0 bridgehead atoms. The van der Waals surface area contributed by atoms with Crippen molar-refractivity contribution in [3.63, 3.8) is 0 Å². The zero-order valence-electron chi connectivity index (χ0n) is 12.7. The third-order valence-electron chi connectivity index (χ3n) is 4.29. The van der Waals surface area contributed by atoms with Gasteiger partial charge in [-0.1, -0.05) is 5.21 Å². The lowest BCUT2D eigenvalue weighted by atomic mass is 10.0. The van der Waals surface area contributed by atoms with E-state index in [1.54, 1.807) is 17.5 Å². The zero-order valence-corrected chi connectivity index (χ0v) is 13.5. The molecule has 3 aromatic rings. The zero-order chi connectivity index (χ0) is 15.1. The summed E-state index contributed by atoms with van der Waals surface area (Å²) in [6.45, 7) is 6.10. The predicted molar refractivity (Wildman–Crippen MR) is 87.4 cm³/mol. The Balaban J connectivity index is 1.62. The van der Waals surface area contributed by atoms with Crippen molar-refractivity contribution in [3.05, 3.63) is 29.2 Å². The molecule has 3 aromatic heterocycles. The molecule has 0 atom stereocenters. The summed E-state index contributed by atoms with van der Waals surface area (Å²) in [5.41, 5.74) is 1.27. The summed E-state index contributed by atoms with van der Waals surface area (Å²) in [6, 6.07) is 0.445. The van der Waals surface area contributed by atoms with Crippen molar-refractivity contribution >= 4 is 27.4 Å². The van der Waals surface area contributed by atoms with Gasteiger partial charge in [-0.25, -0.2) is 14.6 Å². The lowest BCUT2D eigenvalue weighted by molar-refractivity contribution is 0.359. The molecule has 114 valence electrons. The molecule has 4 heterocycles. The van der Waals surface area contributed by atoms with Crippen molar-refractivity contribution in [2.75, 3.05) is 18.0 Å². The van der Waals surface area contributed by atoms with Gasteiger partial charge in [-0.3, -0.25) is 0 Å². The van der Waals surface area contributed by atoms with Gasteiger partial charge >= 0.3 is 0 Å². The van der Waals surface area contributed by atoms with Gasteiger partial charge < -0.3 is 4.90 Å². The van der Waals surface area contributed by atoms with Crippen molar-refractivity contribution in [1.29, 1.82) is 0 Å². The fourth-order valence-electron chi connectivity index (χ4n) is 3.15. The summed E-state index contributed by atoms with van der Waals surface area (Å²) in [5.74, 6) is 1.95. The normalized spacial score (nSPS) is 16.5. The van der Waals surface area contributed by atoms with Crippen molar-refractivity contribution in [3.8, 4) is 0 Å². The summed E-state index contributed by atoms with van der Waals surface area (Å²) in [5, 5.41) is 11.4. The average Bonchev–Trinajstić information content (AvgIpc) is 3.17. The molecule has 0 N–H and O–H groups in total. The Labute approximate surface area is 132 Å². The number of thiophene rings is 1. The van der Waals surface area contributed by atoms with Crippen molar-refractivity contribution in [2.24, 2.45) is 0 Å². The summed E-state index contributed by atoms with van der Waals surface area (Å²) < 4.78 is 1.98. The van der Waals surface area contributed by atoms with E-state index in [0.717, 1.165) is 42.4 Å². The van der Waals surface area contributed by atoms with Gasteiger partial charge in [-0.05, 0) is 37.6 Å². The maximum atomic E-state index is 4.73. The van der Waals surface area contributed by atoms with Crippen LogP contribution in [-0.4, -0.2) is 38.1 Å². The van der Waals surface area contributed by atoms with Crippen LogP contribution in [0.4, 0.5) is 5.82 Å². The highest BCUT2D eigenvalue weighted by molar-refractivity contribution is 7.17. The highest BCUT2D eigenvalue weighted by Crippen LogP contribution is 2.34. The number of piperidine rings is 1. The fourth-order valence-corrected chi connectivity index (χ4v) is 4.11. The highest BCUT2D eigenvalue weighted by atomic mass is 32.1. The van der Waals surface area contributed by atoms with E-state index in [4.69, 9.17) is 4.98 Å². The molecule has 4 rings (SSSR count). The molecule has 0 aliphatic carbocycles. The summed E-state index contributed by atoms with van der Waals surface area (Å²) in [4.78, 5) is 12.8. The third-order valence-corrected chi connectivity index (χ3v) is 5.28. The van der Waals surface area contributed by atoms with Crippen molar-refractivity contribution < 1.29 is 0 Å². The lowest BCUT2D eigenvalue weighted by Crippen LogP contribution is -2.35. The Hall–Kier alpha value is -2.02. The molecule has 1 aliphatic heterocycles. The van der Waals surface area contributed by atoms with E-state index >= 15 is 0 Å². The maximum Gasteiger partial charge on any atom is 0.141 e. The molecule has 0 unspecified atom stereocenters. The summed E-state index contributed by atoms with van der Waals surface area (Å²) >= 11 is 1.70. The SMILES string of the molecule is Cc1nc(N2CCC(n3ccnn3)CC2)c2c(C)csc2n1. The molecule has 0 saturated carbocycles. The van der Waals surface area contributed by atoms with Crippen LogP contribution in [0.1, 0.15) is 30.3 Å². The first-order valence-corrected chi connectivity index (χ1v) is 8.43. The van der Waals surface area contributed by atoms with Crippen LogP contribution >= 0.6 is 11.3 Å². The van der Waals surface area contributed by atoms with Crippen molar-refractivity contribution in [2.45, 2.75) is 32.7 Å². The topological polar surface area (TPSA) is 59.7 Å². The number of anilines is 1. The Kier molecular flexibility index (Phi) is 3.29. The van der Waals surface area contributed by atoms with E-state index in [1.165, 1.54) is 10.9 Å². The first-order chi connectivity index (χ1) is 10.7. The highest BCUT2D eigenvalue weighted by Gasteiger charge is 2.24. The molecular formula is C15H18N6S. The third kappa shape index (κ3) is 2.25. The fraction of sp³-hybridized carbons (Fsp3) is 0.467. The van der Waals surface area contributed by atoms with E-state index in [1.807, 2.05) is 17.8 Å². The number of aromatic nitrogens is 5. The number of hydrogen-bond acceptors (Lipinski definition) is 6. The van der Waals surface area contributed by atoms with Crippen molar-refractivity contribution in [1.82, 2.24) is 25.0 Å². The Morgan fingerprint density at radius 1 is 1.18 bits per heavy atom. The van der Waals surface area contributed by atoms with E-state index in [-0.39, 0.29) is 0 Å². The monoisotopic (exact) mass is 314 g/mol. The summed E-state index contributed by atoms with van der Waals surface area (Å²) in [6.07, 6.45) is 5.84. The smallest absolute Gasteiger partial charge is 0.141 e. The largest absolute Gasteiger partial charge is 0.356 e. The minimum absolute atomic E-state index is 0.445. The molecule has 0 aromatic carbocycles. The van der Waals surface area contributed by atoms with E-state index < -0.39 is 0 Å². The number of hydrogen-bond donors (Lipinski definition) is 0. The molecular weight excluding hydrogens is 296 g/mol. The minimum Gasteiger partial charge on any atom is -0.356 e. The number of aryl methyl sites for hydroxylation is 2. The predicted octanol–water partition coefficient (Wildman–Crippen LogP) is 2.74. The first kappa shape index (κ1) is 13.6. The molecule has 1 fully saturated rings. The van der Waals surface area contributed by atoms with Crippen LogP contribution in [0.5, 0.6) is 0 Å². The molecule has 6 nitrogen and oxygen atoms in total. The van der Waals surface area contributed by atoms with Crippen LogP contribution in [0, 0.1) is 13.8 Å². The van der Waals surface area contributed by atoms with Gasteiger partial charge in [-0.2, -0.15) is 0 Å². The van der Waals surface area contributed by atoms with Gasteiger partial charge in [0.25, 0.3) is 0 Å². The van der Waals surface area contributed by atoms with Crippen LogP contribution in [0.3, 0.4) is 0 Å². The van der Waals surface area contributed by atoms with Gasteiger partial charge in [-0.15, -0.1) is 16.4 Å². The first-order valence-electron chi connectivity index (χ1n) is 7.55. The average molecular weight is 314 g/mol. The quantitative estimate of drug-likeness (QED) is 0.728. The molecule has 1 saturated heterocycles. The second-order valence-corrected chi connectivity index (χ2v) is 6.65. The molecule has 0 amide bonds. The van der Waals surface area contributed by atoms with Crippen LogP contribution in [0.15, 0.2) is 17.8 Å². The van der Waals surface area contributed by atoms with E-state index in [9.17, 15) is 0 Å². The molecule has 1 aliphatic rings. The van der Waals surface area contributed by atoms with E-state index in [0.29, 0.717) is 6.04 Å². The molecule has 0 spiro atoms. The molecule has 7 heteroatoms. The van der Waals surface area contributed by atoms with Gasteiger partial charge in [0.15, 0.2) is 0 Å². The second kappa shape index (κ2) is 5.31. The second-order valence-electron chi connectivity index (χ2n) is 5.79. The Bertz CT molecular complexity index is 786. The van der Waals surface area contributed by atoms with Crippen LogP contribution in [0.25, 0.3) is 10.2 Å². The van der Waals surface area contributed by atoms with Crippen LogP contribution < -0.4 is 4.90 Å². The minimum atomic E-state index is 0.445. The number of rotatable bonds is 2. The maximum absolute atomic E-state index is 4.73. The van der Waals surface area contributed by atoms with Crippen LogP contribution in [0.2, 0.25) is 0 Å².